The third-order valence-electron chi connectivity index (χ3n) is 13.2. The molecule has 0 aliphatic carbocycles. The van der Waals surface area contributed by atoms with Crippen LogP contribution < -0.4 is 0 Å². The maximum Gasteiger partial charge on any atom is 0.123 e. The van der Waals surface area contributed by atoms with Crippen LogP contribution in [0.15, 0.2) is 54.6 Å². The van der Waals surface area contributed by atoms with Crippen LogP contribution in [0.2, 0.25) is 0 Å². The Morgan fingerprint density at radius 2 is 0.662 bits per heavy atom. The Labute approximate surface area is 424 Å². The molecule has 0 saturated carbocycles. The van der Waals surface area contributed by atoms with Gasteiger partial charge in [0.15, 0.2) is 0 Å². The van der Waals surface area contributed by atoms with E-state index < -0.39 is 0 Å². The lowest BCUT2D eigenvalue weighted by Crippen LogP contribution is -2.18. The molecule has 0 heterocycles. The molecule has 0 radical (unpaired) electrons. The molecule has 0 amide bonds. The summed E-state index contributed by atoms with van der Waals surface area (Å²) in [6, 6.07) is 17.7. The fourth-order valence-corrected chi connectivity index (χ4v) is 8.71. The molecule has 3 aromatic rings. The molecule has 0 aliphatic rings. The van der Waals surface area contributed by atoms with Gasteiger partial charge in [0.05, 0.1) is 0 Å². The first-order valence-electron chi connectivity index (χ1n) is 28.2. The predicted octanol–water partition coefficient (Wildman–Crippen LogP) is 21.0. The van der Waals surface area contributed by atoms with Crippen LogP contribution in [0.4, 0.5) is 0 Å². The fourth-order valence-electron chi connectivity index (χ4n) is 8.71. The van der Waals surface area contributed by atoms with E-state index in [1.54, 1.807) is 24.3 Å². The van der Waals surface area contributed by atoms with Crippen LogP contribution in [0.25, 0.3) is 0 Å². The van der Waals surface area contributed by atoms with Crippen molar-refractivity contribution in [3.05, 3.63) is 88.0 Å². The minimum Gasteiger partial charge on any atom is -0.508 e. The van der Waals surface area contributed by atoms with E-state index in [0.29, 0.717) is 17.2 Å². The second-order valence-corrected chi connectivity index (χ2v) is 25.1. The predicted molar refractivity (Wildman–Crippen MR) is 305 cm³/mol. The monoisotopic (exact) mass is 943 g/mol. The van der Waals surface area contributed by atoms with Gasteiger partial charge in [-0.15, -0.1) is 0 Å². The second-order valence-electron chi connectivity index (χ2n) is 25.1. The summed E-state index contributed by atoms with van der Waals surface area (Å²) in [4.78, 5) is 0. The summed E-state index contributed by atoms with van der Waals surface area (Å²) < 4.78 is 0. The SMILES string of the molecule is CCCCC(C)CCCC(C)C.CCCCCCCCCCCCc1cc(C(C)(C)C)c(O)c(C(C)(C)C)c1.CCCCCCCc1cc(C(C)(C)C)c(O)c(C(C)(C)C)c1.Oc1ccccc1. The smallest absolute Gasteiger partial charge is 0.123 e. The molecule has 0 fully saturated rings. The molecular weight excluding hydrogens is 829 g/mol. The highest BCUT2D eigenvalue weighted by molar-refractivity contribution is 5.51. The van der Waals surface area contributed by atoms with Crippen LogP contribution in [-0.4, -0.2) is 15.3 Å². The number of hydrogen-bond donors (Lipinski definition) is 3. The molecule has 0 bridgehead atoms. The maximum absolute atomic E-state index is 10.8. The van der Waals surface area contributed by atoms with E-state index in [1.807, 2.05) is 6.07 Å². The Bertz CT molecular complexity index is 1620. The third kappa shape index (κ3) is 29.9. The zero-order chi connectivity index (χ0) is 52.0. The standard InChI is InChI=1S/C26H46O.C21H36O.C12H26.C6H6O/c1-8-9-10-11-12-13-14-15-16-17-18-21-19-22(25(2,3)4)24(27)23(20-21)26(5,6)7;1-8-9-10-11-12-13-16-14-17(20(2,3)4)19(22)18(15-16)21(5,6)7;1-5-6-9-12(4)10-7-8-11(2)3;7-6-4-2-1-3-5-6/h19-20,27H,8-18H2,1-7H3;14-15,22H,8-13H2,1-7H3;11-12H,5-10H2,1-4H3;1-5,7H. The van der Waals surface area contributed by atoms with Crippen molar-refractivity contribution in [2.75, 3.05) is 0 Å². The van der Waals surface area contributed by atoms with Gasteiger partial charge < -0.3 is 15.3 Å². The van der Waals surface area contributed by atoms with Gasteiger partial charge in [0.1, 0.15) is 17.2 Å². The summed E-state index contributed by atoms with van der Waals surface area (Å²) in [5, 5.41) is 30.2. The molecule has 3 heteroatoms. The van der Waals surface area contributed by atoms with Crippen LogP contribution in [0, 0.1) is 11.8 Å². The van der Waals surface area contributed by atoms with E-state index in [9.17, 15) is 10.2 Å². The van der Waals surface area contributed by atoms with E-state index in [1.165, 1.54) is 146 Å². The number of hydrogen-bond acceptors (Lipinski definition) is 3. The molecule has 1 atom stereocenters. The van der Waals surface area contributed by atoms with Crippen molar-refractivity contribution >= 4 is 0 Å². The quantitative estimate of drug-likeness (QED) is 0.0784. The summed E-state index contributed by atoms with van der Waals surface area (Å²) in [5.74, 6) is 3.17. The largest absolute Gasteiger partial charge is 0.508 e. The lowest BCUT2D eigenvalue weighted by atomic mass is 9.78. The summed E-state index contributed by atoms with van der Waals surface area (Å²) in [6.07, 6.45) is 31.0. The van der Waals surface area contributed by atoms with Crippen LogP contribution >= 0.6 is 0 Å². The van der Waals surface area contributed by atoms with E-state index in [0.717, 1.165) is 46.9 Å². The van der Waals surface area contributed by atoms with E-state index in [-0.39, 0.29) is 21.7 Å². The molecule has 0 aromatic heterocycles. The summed E-state index contributed by atoms with van der Waals surface area (Å²) in [6.45, 7) is 40.1. The van der Waals surface area contributed by atoms with Crippen molar-refractivity contribution in [2.45, 2.75) is 294 Å². The maximum atomic E-state index is 10.8. The first kappa shape index (κ1) is 65.1. The summed E-state index contributed by atoms with van der Waals surface area (Å²) in [5.41, 5.74) is 7.02. The fraction of sp³-hybridized carbons (Fsp3) is 0.723. The van der Waals surface area contributed by atoms with Gasteiger partial charge in [-0.1, -0.05) is 289 Å². The molecule has 392 valence electrons. The Morgan fingerprint density at radius 3 is 0.926 bits per heavy atom. The van der Waals surface area contributed by atoms with Crippen molar-refractivity contribution in [3.8, 4) is 17.2 Å². The number of rotatable bonds is 24. The molecule has 3 rings (SSSR count). The van der Waals surface area contributed by atoms with Gasteiger partial charge in [0, 0.05) is 0 Å². The molecule has 0 saturated heterocycles. The van der Waals surface area contributed by atoms with Crippen molar-refractivity contribution in [1.29, 1.82) is 0 Å². The zero-order valence-corrected chi connectivity index (χ0v) is 48.5. The lowest BCUT2D eigenvalue weighted by molar-refractivity contribution is 0.421. The van der Waals surface area contributed by atoms with Crippen LogP contribution in [0.3, 0.4) is 0 Å². The minimum atomic E-state index is -0.0299. The first-order valence-corrected chi connectivity index (χ1v) is 28.2. The zero-order valence-electron chi connectivity index (χ0n) is 48.5. The van der Waals surface area contributed by atoms with Gasteiger partial charge in [-0.25, -0.2) is 0 Å². The molecule has 68 heavy (non-hydrogen) atoms. The molecule has 0 spiro atoms. The number of phenols is 3. The highest BCUT2D eigenvalue weighted by Crippen LogP contribution is 2.41. The first-order chi connectivity index (χ1) is 31.7. The lowest BCUT2D eigenvalue weighted by Gasteiger charge is -2.28. The second kappa shape index (κ2) is 34.4. The van der Waals surface area contributed by atoms with Crippen molar-refractivity contribution in [1.82, 2.24) is 0 Å². The molecular formula is C65H114O3. The van der Waals surface area contributed by atoms with Gasteiger partial charge in [-0.05, 0) is 105 Å². The summed E-state index contributed by atoms with van der Waals surface area (Å²) in [7, 11) is 0. The van der Waals surface area contributed by atoms with Crippen LogP contribution in [0.1, 0.15) is 293 Å². The Kier molecular flexibility index (Phi) is 32.9. The van der Waals surface area contributed by atoms with Gasteiger partial charge in [-0.2, -0.15) is 0 Å². The number of benzene rings is 3. The van der Waals surface area contributed by atoms with E-state index in [2.05, 4.69) is 149 Å². The molecule has 3 nitrogen and oxygen atoms in total. The summed E-state index contributed by atoms with van der Waals surface area (Å²) >= 11 is 0. The number of phenolic OH excluding ortho intramolecular Hbond substituents is 3. The number of para-hydroxylation sites is 1. The van der Waals surface area contributed by atoms with Crippen LogP contribution in [0.5, 0.6) is 17.2 Å². The highest BCUT2D eigenvalue weighted by Gasteiger charge is 2.28. The van der Waals surface area contributed by atoms with Crippen LogP contribution in [-0.2, 0) is 34.5 Å². The van der Waals surface area contributed by atoms with Gasteiger partial charge >= 0.3 is 0 Å². The topological polar surface area (TPSA) is 60.7 Å². The molecule has 0 aliphatic heterocycles. The number of aromatic hydroxyl groups is 3. The molecule has 3 aromatic carbocycles. The van der Waals surface area contributed by atoms with Gasteiger partial charge in [0.2, 0.25) is 0 Å². The molecule has 1 unspecified atom stereocenters. The van der Waals surface area contributed by atoms with E-state index in [4.69, 9.17) is 5.11 Å². The molecule has 3 N–H and O–H groups in total. The van der Waals surface area contributed by atoms with Gasteiger partial charge in [-0.3, -0.25) is 0 Å². The van der Waals surface area contributed by atoms with Gasteiger partial charge in [0.25, 0.3) is 0 Å². The third-order valence-corrected chi connectivity index (χ3v) is 13.2. The minimum absolute atomic E-state index is 0.0255. The Balaban J connectivity index is 0.000000970. The number of unbranched alkanes of at least 4 members (excludes halogenated alkanes) is 14. The van der Waals surface area contributed by atoms with Crippen molar-refractivity contribution in [3.63, 3.8) is 0 Å². The average molecular weight is 944 g/mol. The average Bonchev–Trinajstić information content (AvgIpc) is 3.23. The normalized spacial score (nSPS) is 12.4. The highest BCUT2D eigenvalue weighted by atomic mass is 16.3. The van der Waals surface area contributed by atoms with Crippen molar-refractivity contribution in [2.24, 2.45) is 11.8 Å². The Hall–Kier alpha value is -2.94. The Morgan fingerprint density at radius 1 is 0.368 bits per heavy atom. The van der Waals surface area contributed by atoms with Crippen molar-refractivity contribution < 1.29 is 15.3 Å². The van der Waals surface area contributed by atoms with E-state index >= 15 is 0 Å². The number of aryl methyl sites for hydroxylation is 2.